The van der Waals surface area contributed by atoms with E-state index in [1.54, 1.807) is 6.07 Å². The third-order valence-corrected chi connectivity index (χ3v) is 6.11. The molecule has 0 aliphatic heterocycles. The summed E-state index contributed by atoms with van der Waals surface area (Å²) in [6.07, 6.45) is 0.522. The summed E-state index contributed by atoms with van der Waals surface area (Å²) in [5, 5.41) is 21.2. The monoisotopic (exact) mass is 480 g/mol. The van der Waals surface area contributed by atoms with Crippen LogP contribution < -0.4 is 15.4 Å². The second-order valence-electron chi connectivity index (χ2n) is 8.71. The number of esters is 2. The van der Waals surface area contributed by atoms with Crippen LogP contribution in [0.3, 0.4) is 0 Å². The van der Waals surface area contributed by atoms with E-state index in [0.29, 0.717) is 17.5 Å². The van der Waals surface area contributed by atoms with Crippen LogP contribution in [0.4, 0.5) is 5.69 Å². The van der Waals surface area contributed by atoms with Crippen LogP contribution in [0, 0.1) is 5.92 Å². The first kappa shape index (κ1) is 23.8. The maximum atomic E-state index is 13.9. The van der Waals surface area contributed by atoms with E-state index >= 15 is 0 Å². The molecule has 4 rings (SSSR count). The van der Waals surface area contributed by atoms with Gasteiger partial charge in [0, 0.05) is 39.2 Å². The zero-order valence-electron chi connectivity index (χ0n) is 19.6. The fourth-order valence-electron chi connectivity index (χ4n) is 4.88. The number of amides is 1. The molecule has 0 aromatic heterocycles. The molecule has 4 N–H and O–H groups in total. The van der Waals surface area contributed by atoms with E-state index in [9.17, 15) is 29.4 Å². The largest absolute Gasteiger partial charge is 0.507 e. The number of primary amides is 1. The fourth-order valence-corrected chi connectivity index (χ4v) is 4.88. The lowest BCUT2D eigenvalue weighted by Crippen LogP contribution is -2.32. The second kappa shape index (κ2) is 8.46. The topological polar surface area (TPSA) is 156 Å². The number of allylic oxidation sites excluding steroid dienone is 1. The molecule has 35 heavy (non-hydrogen) atoms. The Hall–Kier alpha value is -4.34. The lowest BCUT2D eigenvalue weighted by atomic mass is 9.70. The quantitative estimate of drug-likeness (QED) is 0.440. The molecule has 0 radical (unpaired) electrons. The standard InChI is InChI=1S/C25H24N2O8/c1-10(28)34-17-6-5-15(27(3)4)14-8-12-7-13-9-16(30)21(25(26)33)23(32)19(13)24(35-11(2)29)18(12)22(31)20(14)17/h5-6,9,12,30,32H,7-8H2,1-4H3,(H2,26,33)/t12-/m1/s1. The van der Waals surface area contributed by atoms with Gasteiger partial charge in [-0.15, -0.1) is 0 Å². The average molecular weight is 480 g/mol. The van der Waals surface area contributed by atoms with E-state index in [2.05, 4.69) is 0 Å². The molecule has 2 aromatic carbocycles. The van der Waals surface area contributed by atoms with E-state index in [1.807, 2.05) is 19.0 Å². The zero-order valence-corrected chi connectivity index (χ0v) is 19.6. The molecular formula is C25H24N2O8. The van der Waals surface area contributed by atoms with Crippen molar-refractivity contribution in [3.63, 3.8) is 0 Å². The minimum Gasteiger partial charge on any atom is -0.507 e. The Morgan fingerprint density at radius 1 is 1.03 bits per heavy atom. The Kier molecular flexibility index (Phi) is 5.75. The Morgan fingerprint density at radius 2 is 1.69 bits per heavy atom. The van der Waals surface area contributed by atoms with E-state index in [1.165, 1.54) is 19.1 Å². The molecule has 0 saturated carbocycles. The number of aromatic hydroxyl groups is 2. The Balaban J connectivity index is 2.05. The summed E-state index contributed by atoms with van der Waals surface area (Å²) in [5.41, 5.74) is 6.75. The van der Waals surface area contributed by atoms with Gasteiger partial charge in [0.2, 0.25) is 0 Å². The van der Waals surface area contributed by atoms with Crippen molar-refractivity contribution in [2.24, 2.45) is 11.7 Å². The van der Waals surface area contributed by atoms with Crippen molar-refractivity contribution >= 4 is 35.1 Å². The highest BCUT2D eigenvalue weighted by molar-refractivity contribution is 6.18. The molecule has 182 valence electrons. The van der Waals surface area contributed by atoms with Gasteiger partial charge in [0.05, 0.1) is 11.1 Å². The van der Waals surface area contributed by atoms with Crippen molar-refractivity contribution in [2.75, 3.05) is 19.0 Å². The highest BCUT2D eigenvalue weighted by atomic mass is 16.5. The Morgan fingerprint density at radius 3 is 2.26 bits per heavy atom. The summed E-state index contributed by atoms with van der Waals surface area (Å²) < 4.78 is 10.8. The molecule has 0 spiro atoms. The van der Waals surface area contributed by atoms with E-state index in [-0.39, 0.29) is 34.6 Å². The minimum atomic E-state index is -1.09. The molecule has 0 bridgehead atoms. The molecular weight excluding hydrogens is 456 g/mol. The number of carbonyl (C=O) groups is 4. The molecule has 1 amide bonds. The predicted octanol–water partition coefficient (Wildman–Crippen LogP) is 2.07. The Bertz CT molecular complexity index is 1360. The summed E-state index contributed by atoms with van der Waals surface area (Å²) in [4.78, 5) is 51.4. The molecule has 0 unspecified atom stereocenters. The first-order valence-corrected chi connectivity index (χ1v) is 10.8. The van der Waals surface area contributed by atoms with Crippen LogP contribution in [0.1, 0.15) is 51.3 Å². The first-order chi connectivity index (χ1) is 16.4. The van der Waals surface area contributed by atoms with Crippen LogP contribution in [0.25, 0.3) is 5.76 Å². The fraction of sp³-hybridized carbons (Fsp3) is 0.280. The van der Waals surface area contributed by atoms with Crippen molar-refractivity contribution in [3.8, 4) is 17.2 Å². The molecule has 2 aliphatic carbocycles. The molecule has 2 aliphatic rings. The first-order valence-electron chi connectivity index (χ1n) is 10.8. The summed E-state index contributed by atoms with van der Waals surface area (Å²) in [5.74, 6) is -4.84. The van der Waals surface area contributed by atoms with E-state index in [0.717, 1.165) is 12.6 Å². The van der Waals surface area contributed by atoms with Gasteiger partial charge in [0.1, 0.15) is 28.6 Å². The van der Waals surface area contributed by atoms with Gasteiger partial charge in [-0.1, -0.05) is 0 Å². The third-order valence-electron chi connectivity index (χ3n) is 6.11. The number of ether oxygens (including phenoxy) is 2. The van der Waals surface area contributed by atoms with Gasteiger partial charge in [-0.05, 0) is 48.1 Å². The van der Waals surface area contributed by atoms with Crippen LogP contribution in [0.5, 0.6) is 17.2 Å². The molecule has 2 aromatic rings. The van der Waals surface area contributed by atoms with Crippen LogP contribution in [-0.4, -0.2) is 47.9 Å². The highest BCUT2D eigenvalue weighted by Crippen LogP contribution is 2.50. The number of nitrogens with zero attached hydrogens (tertiary/aromatic N) is 1. The maximum Gasteiger partial charge on any atom is 0.308 e. The van der Waals surface area contributed by atoms with Crippen molar-refractivity contribution in [3.05, 3.63) is 51.6 Å². The summed E-state index contributed by atoms with van der Waals surface area (Å²) in [7, 11) is 3.64. The minimum absolute atomic E-state index is 0.0624. The molecule has 0 saturated heterocycles. The maximum absolute atomic E-state index is 13.9. The molecule has 1 atom stereocenters. The number of hydrogen-bond acceptors (Lipinski definition) is 9. The smallest absolute Gasteiger partial charge is 0.308 e. The highest BCUT2D eigenvalue weighted by Gasteiger charge is 2.43. The number of Topliss-reactive ketones (excluding diaryl/α,β-unsaturated/α-hetero) is 1. The predicted molar refractivity (Wildman–Crippen MR) is 124 cm³/mol. The van der Waals surface area contributed by atoms with Gasteiger partial charge in [0.15, 0.2) is 5.78 Å². The number of carbonyl (C=O) groups excluding carboxylic acids is 4. The number of phenols is 2. The van der Waals surface area contributed by atoms with Crippen molar-refractivity contribution in [2.45, 2.75) is 26.7 Å². The van der Waals surface area contributed by atoms with Crippen molar-refractivity contribution in [1.82, 2.24) is 0 Å². The van der Waals surface area contributed by atoms with E-state index in [4.69, 9.17) is 15.2 Å². The number of nitrogens with two attached hydrogens (primary N) is 1. The van der Waals surface area contributed by atoms with Gasteiger partial charge in [0.25, 0.3) is 5.91 Å². The van der Waals surface area contributed by atoms with Crippen LogP contribution >= 0.6 is 0 Å². The van der Waals surface area contributed by atoms with Gasteiger partial charge in [-0.3, -0.25) is 19.2 Å². The van der Waals surface area contributed by atoms with Crippen LogP contribution in [-0.2, 0) is 27.2 Å². The van der Waals surface area contributed by atoms with Gasteiger partial charge in [-0.25, -0.2) is 0 Å². The molecule has 10 nitrogen and oxygen atoms in total. The van der Waals surface area contributed by atoms with Gasteiger partial charge < -0.3 is 30.3 Å². The zero-order chi connectivity index (χ0) is 25.8. The SMILES string of the molecule is CC(=O)OC1=C2C(=O)c3c(OC(C)=O)ccc(N(C)C)c3C[C@H]2Cc2cc(O)c(C(N)=O)c(O)c21. The number of rotatable bonds is 4. The molecule has 0 fully saturated rings. The number of benzene rings is 2. The number of fused-ring (bicyclic) bond motifs is 3. The summed E-state index contributed by atoms with van der Waals surface area (Å²) in [6, 6.07) is 4.55. The average Bonchev–Trinajstić information content (AvgIpc) is 2.71. The molecule has 0 heterocycles. The lowest BCUT2D eigenvalue weighted by Gasteiger charge is -2.35. The summed E-state index contributed by atoms with van der Waals surface area (Å²) >= 11 is 0. The van der Waals surface area contributed by atoms with Crippen LogP contribution in [0.15, 0.2) is 23.8 Å². The normalized spacial score (nSPS) is 16.1. The van der Waals surface area contributed by atoms with Gasteiger partial charge in [-0.2, -0.15) is 0 Å². The van der Waals surface area contributed by atoms with E-state index < -0.39 is 46.6 Å². The number of anilines is 1. The van der Waals surface area contributed by atoms with Crippen LogP contribution in [0.2, 0.25) is 0 Å². The van der Waals surface area contributed by atoms with Crippen molar-refractivity contribution in [1.29, 1.82) is 0 Å². The van der Waals surface area contributed by atoms with Crippen molar-refractivity contribution < 1.29 is 38.9 Å². The summed E-state index contributed by atoms with van der Waals surface area (Å²) in [6.45, 7) is 2.36. The number of hydrogen-bond donors (Lipinski definition) is 3. The third kappa shape index (κ3) is 3.86. The number of ketones is 1. The second-order valence-corrected chi connectivity index (χ2v) is 8.71. The lowest BCUT2D eigenvalue weighted by molar-refractivity contribution is -0.134. The molecule has 10 heteroatoms. The Labute approximate surface area is 200 Å². The van der Waals surface area contributed by atoms with Gasteiger partial charge >= 0.3 is 11.9 Å².